The highest BCUT2D eigenvalue weighted by Crippen LogP contribution is 2.21. The van der Waals surface area contributed by atoms with E-state index in [1.54, 1.807) is 24.3 Å². The van der Waals surface area contributed by atoms with Crippen LogP contribution in [-0.2, 0) is 14.8 Å². The molecule has 0 saturated carbocycles. The predicted molar refractivity (Wildman–Crippen MR) is 102 cm³/mol. The van der Waals surface area contributed by atoms with E-state index >= 15 is 0 Å². The molecule has 7 nitrogen and oxygen atoms in total. The quantitative estimate of drug-likeness (QED) is 0.768. The molecule has 2 heterocycles. The van der Waals surface area contributed by atoms with Gasteiger partial charge in [0.25, 0.3) is 0 Å². The van der Waals surface area contributed by atoms with Crippen LogP contribution in [0.2, 0.25) is 0 Å². The summed E-state index contributed by atoms with van der Waals surface area (Å²) < 4.78 is 27.2. The van der Waals surface area contributed by atoms with Crippen molar-refractivity contribution in [1.29, 1.82) is 0 Å². The standard InChI is InChI=1S/C18H28N4O3S/c1-21-9-11-22(12-10-21)26(24,25)17-4-2-3-16(13-17)20-18(23)6-5-15-7-8-19-14-15/h2-4,13,15,19H,5-12,14H2,1H3,(H,20,23). The third-order valence-electron chi connectivity index (χ3n) is 5.16. The van der Waals surface area contributed by atoms with Gasteiger partial charge in [-0.05, 0) is 57.1 Å². The molecule has 1 atom stereocenters. The number of piperazine rings is 1. The van der Waals surface area contributed by atoms with Gasteiger partial charge in [0, 0.05) is 38.3 Å². The molecule has 0 radical (unpaired) electrons. The van der Waals surface area contributed by atoms with E-state index in [4.69, 9.17) is 0 Å². The maximum absolute atomic E-state index is 12.8. The highest BCUT2D eigenvalue weighted by molar-refractivity contribution is 7.89. The molecule has 26 heavy (non-hydrogen) atoms. The average molecular weight is 381 g/mol. The molecule has 8 heteroatoms. The third-order valence-corrected chi connectivity index (χ3v) is 7.05. The van der Waals surface area contributed by atoms with Gasteiger partial charge in [-0.1, -0.05) is 6.07 Å². The second-order valence-corrected chi connectivity index (χ2v) is 9.12. The van der Waals surface area contributed by atoms with Gasteiger partial charge < -0.3 is 15.5 Å². The number of carbonyl (C=O) groups is 1. The Bertz CT molecular complexity index is 724. The average Bonchev–Trinajstić information content (AvgIpc) is 3.14. The summed E-state index contributed by atoms with van der Waals surface area (Å²) in [7, 11) is -1.53. The number of anilines is 1. The zero-order valence-electron chi connectivity index (χ0n) is 15.3. The molecule has 0 spiro atoms. The first-order valence-corrected chi connectivity index (χ1v) is 10.7. The Morgan fingerprint density at radius 1 is 1.27 bits per heavy atom. The van der Waals surface area contributed by atoms with Crippen molar-refractivity contribution in [2.24, 2.45) is 5.92 Å². The SMILES string of the molecule is CN1CCN(S(=O)(=O)c2cccc(NC(=O)CCC3CCNC3)c2)CC1. The van der Waals surface area contributed by atoms with Gasteiger partial charge in [-0.15, -0.1) is 0 Å². The lowest BCUT2D eigenvalue weighted by Crippen LogP contribution is -2.47. The van der Waals surface area contributed by atoms with Gasteiger partial charge in [0.05, 0.1) is 4.90 Å². The number of amides is 1. The number of benzene rings is 1. The molecule has 1 amide bonds. The number of rotatable bonds is 6. The van der Waals surface area contributed by atoms with Gasteiger partial charge in [-0.2, -0.15) is 4.31 Å². The summed E-state index contributed by atoms with van der Waals surface area (Å²) in [6, 6.07) is 6.56. The monoisotopic (exact) mass is 380 g/mol. The van der Waals surface area contributed by atoms with Crippen LogP contribution in [0, 0.1) is 5.92 Å². The number of nitrogens with zero attached hydrogens (tertiary/aromatic N) is 2. The smallest absolute Gasteiger partial charge is 0.243 e. The topological polar surface area (TPSA) is 81.8 Å². The Balaban J connectivity index is 1.61. The summed E-state index contributed by atoms with van der Waals surface area (Å²) in [5.74, 6) is 0.496. The van der Waals surface area contributed by atoms with E-state index in [1.807, 2.05) is 7.05 Å². The van der Waals surface area contributed by atoms with Crippen molar-refractivity contribution in [3.63, 3.8) is 0 Å². The minimum atomic E-state index is -3.52. The molecule has 0 aromatic heterocycles. The number of likely N-dealkylation sites (N-methyl/N-ethyl adjacent to an activating group) is 1. The van der Waals surface area contributed by atoms with E-state index in [0.717, 1.165) is 39.0 Å². The highest BCUT2D eigenvalue weighted by Gasteiger charge is 2.27. The third kappa shape index (κ3) is 4.82. The minimum Gasteiger partial charge on any atom is -0.326 e. The lowest BCUT2D eigenvalue weighted by molar-refractivity contribution is -0.116. The van der Waals surface area contributed by atoms with Gasteiger partial charge in [0.2, 0.25) is 15.9 Å². The minimum absolute atomic E-state index is 0.0638. The Morgan fingerprint density at radius 3 is 2.73 bits per heavy atom. The summed E-state index contributed by atoms with van der Waals surface area (Å²) in [5.41, 5.74) is 0.537. The van der Waals surface area contributed by atoms with Gasteiger partial charge in [-0.3, -0.25) is 4.79 Å². The maximum Gasteiger partial charge on any atom is 0.243 e. The molecule has 1 unspecified atom stereocenters. The van der Waals surface area contributed by atoms with Crippen LogP contribution in [0.5, 0.6) is 0 Å². The van der Waals surface area contributed by atoms with Crippen LogP contribution in [0.15, 0.2) is 29.2 Å². The van der Waals surface area contributed by atoms with Crippen molar-refractivity contribution in [1.82, 2.24) is 14.5 Å². The molecular formula is C18H28N4O3S. The van der Waals surface area contributed by atoms with Crippen molar-refractivity contribution < 1.29 is 13.2 Å². The normalized spacial score (nSPS) is 22.4. The Kier molecular flexibility index (Phi) is 6.29. The van der Waals surface area contributed by atoms with Crippen LogP contribution < -0.4 is 10.6 Å². The fraction of sp³-hybridized carbons (Fsp3) is 0.611. The summed E-state index contributed by atoms with van der Waals surface area (Å²) in [6.07, 6.45) is 2.44. The van der Waals surface area contributed by atoms with Gasteiger partial charge in [-0.25, -0.2) is 8.42 Å². The molecule has 0 aliphatic carbocycles. The molecule has 144 valence electrons. The Morgan fingerprint density at radius 2 is 2.04 bits per heavy atom. The second-order valence-electron chi connectivity index (χ2n) is 7.18. The molecule has 1 aromatic rings. The molecule has 2 N–H and O–H groups in total. The first-order valence-electron chi connectivity index (χ1n) is 9.24. The maximum atomic E-state index is 12.8. The first kappa shape index (κ1) is 19.3. The second kappa shape index (κ2) is 8.47. The summed E-state index contributed by atoms with van der Waals surface area (Å²) in [5, 5.41) is 6.14. The summed E-state index contributed by atoms with van der Waals surface area (Å²) in [6.45, 7) is 4.44. The largest absolute Gasteiger partial charge is 0.326 e. The fourth-order valence-electron chi connectivity index (χ4n) is 3.43. The Labute approximate surface area is 155 Å². The Hall–Kier alpha value is -1.48. The summed E-state index contributed by atoms with van der Waals surface area (Å²) >= 11 is 0. The summed E-state index contributed by atoms with van der Waals surface area (Å²) in [4.78, 5) is 14.5. The van der Waals surface area contributed by atoms with E-state index in [-0.39, 0.29) is 10.8 Å². The van der Waals surface area contributed by atoms with Crippen LogP contribution in [0.1, 0.15) is 19.3 Å². The van der Waals surface area contributed by atoms with Crippen LogP contribution in [0.4, 0.5) is 5.69 Å². The number of carbonyl (C=O) groups excluding carboxylic acids is 1. The number of nitrogens with one attached hydrogen (secondary N) is 2. The van der Waals surface area contributed by atoms with Crippen LogP contribution >= 0.6 is 0 Å². The highest BCUT2D eigenvalue weighted by atomic mass is 32.2. The molecule has 2 fully saturated rings. The predicted octanol–water partition coefficient (Wildman–Crippen LogP) is 0.951. The zero-order chi connectivity index (χ0) is 18.6. The molecule has 0 bridgehead atoms. The molecule has 1 aromatic carbocycles. The van der Waals surface area contributed by atoms with Gasteiger partial charge in [0.15, 0.2) is 0 Å². The van der Waals surface area contributed by atoms with E-state index in [0.29, 0.717) is 31.1 Å². The van der Waals surface area contributed by atoms with Crippen molar-refractivity contribution in [3.05, 3.63) is 24.3 Å². The molecular weight excluding hydrogens is 352 g/mol. The van der Waals surface area contributed by atoms with Crippen LogP contribution in [0.3, 0.4) is 0 Å². The van der Waals surface area contributed by atoms with Crippen LogP contribution in [-0.4, -0.2) is 69.8 Å². The first-order chi connectivity index (χ1) is 12.4. The van der Waals surface area contributed by atoms with Crippen molar-refractivity contribution in [2.75, 3.05) is 51.6 Å². The fourth-order valence-corrected chi connectivity index (χ4v) is 4.90. The molecule has 2 aliphatic heterocycles. The number of hydrogen-bond donors (Lipinski definition) is 2. The van der Waals surface area contributed by atoms with E-state index in [9.17, 15) is 13.2 Å². The zero-order valence-corrected chi connectivity index (χ0v) is 16.1. The lowest BCUT2D eigenvalue weighted by Gasteiger charge is -2.31. The van der Waals surface area contributed by atoms with Gasteiger partial charge in [0.1, 0.15) is 0 Å². The van der Waals surface area contributed by atoms with Crippen molar-refractivity contribution in [2.45, 2.75) is 24.2 Å². The van der Waals surface area contributed by atoms with Crippen molar-refractivity contribution in [3.8, 4) is 0 Å². The molecule has 2 saturated heterocycles. The van der Waals surface area contributed by atoms with Crippen molar-refractivity contribution >= 4 is 21.6 Å². The molecule has 3 rings (SSSR count). The molecule has 2 aliphatic rings. The lowest BCUT2D eigenvalue weighted by atomic mass is 10.0. The van der Waals surface area contributed by atoms with Crippen LogP contribution in [0.25, 0.3) is 0 Å². The number of hydrogen-bond acceptors (Lipinski definition) is 5. The van der Waals surface area contributed by atoms with Gasteiger partial charge >= 0.3 is 0 Å². The number of sulfonamides is 1. The van der Waals surface area contributed by atoms with E-state index in [2.05, 4.69) is 15.5 Å². The van der Waals surface area contributed by atoms with E-state index < -0.39 is 10.0 Å². The van der Waals surface area contributed by atoms with E-state index in [1.165, 1.54) is 4.31 Å².